The molecule has 230 valence electrons. The second-order valence-corrected chi connectivity index (χ2v) is 11.6. The summed E-state index contributed by atoms with van der Waals surface area (Å²) in [6.45, 7) is 1.73. The summed E-state index contributed by atoms with van der Waals surface area (Å²) >= 11 is 13.4. The third-order valence-corrected chi connectivity index (χ3v) is 8.52. The first-order chi connectivity index (χ1) is 21.9. The van der Waals surface area contributed by atoms with Crippen LogP contribution in [0, 0.1) is 17.2 Å². The van der Waals surface area contributed by atoms with Gasteiger partial charge in [0.05, 0.1) is 23.3 Å². The summed E-state index contributed by atoms with van der Waals surface area (Å²) in [6, 6.07) is 19.9. The average molecular weight is 647 g/mol. The number of aliphatic carboxylic acids is 1. The maximum Gasteiger partial charge on any atom is 0.320 e. The predicted molar refractivity (Wildman–Crippen MR) is 168 cm³/mol. The molecule has 9 nitrogen and oxygen atoms in total. The number of carboxylic acids is 1. The molecule has 2 aliphatic heterocycles. The van der Waals surface area contributed by atoms with Crippen LogP contribution >= 0.6 is 23.2 Å². The largest absolute Gasteiger partial charge is 0.488 e. The van der Waals surface area contributed by atoms with Crippen molar-refractivity contribution in [1.82, 2.24) is 10.3 Å². The summed E-state index contributed by atoms with van der Waals surface area (Å²) in [5.74, 6) is 0.777. The SMILES string of the molecule is N#Cc1cncc(COc2ccc(Cl)cc2C(OCc2cccc(-c3ccc4c(c3)OCCO4)c2Cl)C2CNC(C(=O)O)C2)c1. The highest BCUT2D eigenvalue weighted by Gasteiger charge is 2.37. The predicted octanol–water partition coefficient (Wildman–Crippen LogP) is 6.60. The van der Waals surface area contributed by atoms with Gasteiger partial charge in [0.2, 0.25) is 0 Å². The molecule has 0 radical (unpaired) electrons. The number of ether oxygens (including phenoxy) is 4. The van der Waals surface area contributed by atoms with Crippen LogP contribution in [0.5, 0.6) is 17.2 Å². The van der Waals surface area contributed by atoms with E-state index in [4.69, 9.17) is 42.1 Å². The Hall–Kier alpha value is -4.33. The topological polar surface area (TPSA) is 123 Å². The third kappa shape index (κ3) is 7.00. The van der Waals surface area contributed by atoms with Gasteiger partial charge in [-0.25, -0.2) is 0 Å². The summed E-state index contributed by atoms with van der Waals surface area (Å²) in [7, 11) is 0. The minimum absolute atomic E-state index is 0.149. The molecule has 45 heavy (non-hydrogen) atoms. The second kappa shape index (κ2) is 13.8. The molecule has 0 saturated carbocycles. The number of nitriles is 1. The Morgan fingerprint density at radius 3 is 2.71 bits per heavy atom. The number of fused-ring (bicyclic) bond motifs is 1. The van der Waals surface area contributed by atoms with Gasteiger partial charge in [0.25, 0.3) is 0 Å². The van der Waals surface area contributed by atoms with Gasteiger partial charge in [-0.3, -0.25) is 9.78 Å². The quantitative estimate of drug-likeness (QED) is 0.196. The lowest BCUT2D eigenvalue weighted by Crippen LogP contribution is -2.29. The van der Waals surface area contributed by atoms with E-state index in [1.807, 2.05) is 36.4 Å². The van der Waals surface area contributed by atoms with Crippen LogP contribution in [0.3, 0.4) is 0 Å². The Kier molecular flexibility index (Phi) is 9.38. The summed E-state index contributed by atoms with van der Waals surface area (Å²) < 4.78 is 24.3. The molecule has 3 atom stereocenters. The molecule has 0 amide bonds. The van der Waals surface area contributed by atoms with E-state index in [-0.39, 0.29) is 19.1 Å². The highest BCUT2D eigenvalue weighted by atomic mass is 35.5. The highest BCUT2D eigenvalue weighted by Crippen LogP contribution is 2.41. The molecule has 0 spiro atoms. The molecule has 11 heteroatoms. The molecule has 0 bridgehead atoms. The van der Waals surface area contributed by atoms with Gasteiger partial charge in [0.15, 0.2) is 11.5 Å². The Balaban J connectivity index is 1.28. The molecule has 3 unspecified atom stereocenters. The van der Waals surface area contributed by atoms with E-state index >= 15 is 0 Å². The number of carbonyl (C=O) groups is 1. The first kappa shape index (κ1) is 30.7. The summed E-state index contributed by atoms with van der Waals surface area (Å²) in [4.78, 5) is 15.9. The van der Waals surface area contributed by atoms with Crippen LogP contribution in [0.25, 0.3) is 11.1 Å². The summed E-state index contributed by atoms with van der Waals surface area (Å²) in [6.07, 6.45) is 2.90. The van der Waals surface area contributed by atoms with Crippen molar-refractivity contribution in [3.05, 3.63) is 105 Å². The number of benzene rings is 3. The first-order valence-electron chi connectivity index (χ1n) is 14.4. The zero-order valence-corrected chi connectivity index (χ0v) is 25.6. The van der Waals surface area contributed by atoms with Gasteiger partial charge in [-0.1, -0.05) is 47.5 Å². The molecular weight excluding hydrogens is 617 g/mol. The summed E-state index contributed by atoms with van der Waals surface area (Å²) in [5, 5.41) is 23.0. The van der Waals surface area contributed by atoms with Crippen LogP contribution in [0.4, 0.5) is 0 Å². The van der Waals surface area contributed by atoms with Gasteiger partial charge in [-0.15, -0.1) is 0 Å². The lowest BCUT2D eigenvalue weighted by atomic mass is 9.92. The van der Waals surface area contributed by atoms with Crippen LogP contribution in [0.2, 0.25) is 10.0 Å². The molecular formula is C34H29Cl2N3O6. The van der Waals surface area contributed by atoms with Crippen LogP contribution in [0.1, 0.15) is 34.8 Å². The normalized spacial score (nSPS) is 17.8. The molecule has 2 N–H and O–H groups in total. The van der Waals surface area contributed by atoms with Crippen molar-refractivity contribution < 1.29 is 28.8 Å². The Morgan fingerprint density at radius 1 is 1.07 bits per heavy atom. The Morgan fingerprint density at radius 2 is 1.91 bits per heavy atom. The number of nitrogens with one attached hydrogen (secondary N) is 1. The maximum atomic E-state index is 11.8. The third-order valence-electron chi connectivity index (χ3n) is 7.84. The molecule has 3 heterocycles. The molecule has 4 aromatic rings. The minimum Gasteiger partial charge on any atom is -0.488 e. The van der Waals surface area contributed by atoms with E-state index in [0.29, 0.717) is 64.6 Å². The minimum atomic E-state index is -0.918. The van der Waals surface area contributed by atoms with Crippen molar-refractivity contribution in [3.63, 3.8) is 0 Å². The van der Waals surface area contributed by atoms with Gasteiger partial charge < -0.3 is 29.4 Å². The number of hydrogen-bond donors (Lipinski definition) is 2. The lowest BCUT2D eigenvalue weighted by molar-refractivity contribution is -0.139. The molecule has 0 aliphatic carbocycles. The fourth-order valence-corrected chi connectivity index (χ4v) is 6.10. The van der Waals surface area contributed by atoms with E-state index < -0.39 is 18.1 Å². The fourth-order valence-electron chi connectivity index (χ4n) is 5.63. The lowest BCUT2D eigenvalue weighted by Gasteiger charge is -2.27. The highest BCUT2D eigenvalue weighted by molar-refractivity contribution is 6.34. The van der Waals surface area contributed by atoms with Gasteiger partial charge in [0.1, 0.15) is 37.7 Å². The molecule has 2 aliphatic rings. The zero-order valence-electron chi connectivity index (χ0n) is 24.0. The second-order valence-electron chi connectivity index (χ2n) is 10.8. The molecule has 6 rings (SSSR count). The van der Waals surface area contributed by atoms with E-state index in [0.717, 1.165) is 22.3 Å². The van der Waals surface area contributed by atoms with Crippen molar-refractivity contribution in [3.8, 4) is 34.4 Å². The molecule has 1 saturated heterocycles. The average Bonchev–Trinajstić information content (AvgIpc) is 3.56. The van der Waals surface area contributed by atoms with E-state index in [1.54, 1.807) is 30.5 Å². The smallest absolute Gasteiger partial charge is 0.320 e. The van der Waals surface area contributed by atoms with Crippen LogP contribution in [0.15, 0.2) is 73.1 Å². The maximum absolute atomic E-state index is 11.8. The number of pyridine rings is 1. The Bertz CT molecular complexity index is 1760. The van der Waals surface area contributed by atoms with Crippen molar-refractivity contribution >= 4 is 29.2 Å². The van der Waals surface area contributed by atoms with E-state index in [2.05, 4.69) is 16.4 Å². The standard InChI is InChI=1S/C34H29Cl2N3O6/c35-25-5-7-29(44-18-21-10-20(14-37)15-38-16-21)27(13-25)33(24-11-28(34(40)41)39-17-24)45-19-23-2-1-3-26(32(23)36)22-4-6-30-31(12-22)43-9-8-42-30/h1-7,10,12-13,15-16,24,28,33,39H,8-9,11,17-19H2,(H,40,41). The van der Waals surface area contributed by atoms with Crippen molar-refractivity contribution in [2.45, 2.75) is 31.8 Å². The monoisotopic (exact) mass is 645 g/mol. The summed E-state index contributed by atoms with van der Waals surface area (Å²) in [5.41, 5.74) is 4.30. The van der Waals surface area contributed by atoms with E-state index in [1.165, 1.54) is 6.20 Å². The van der Waals surface area contributed by atoms with Crippen LogP contribution in [-0.2, 0) is 22.7 Å². The number of aromatic nitrogens is 1. The molecule has 1 fully saturated rings. The molecule has 1 aromatic heterocycles. The number of hydrogen-bond acceptors (Lipinski definition) is 8. The van der Waals surface area contributed by atoms with Crippen LogP contribution < -0.4 is 19.5 Å². The van der Waals surface area contributed by atoms with Gasteiger partial charge in [0, 0.05) is 46.6 Å². The first-order valence-corrected chi connectivity index (χ1v) is 15.2. The van der Waals surface area contributed by atoms with Crippen LogP contribution in [-0.4, -0.2) is 41.9 Å². The van der Waals surface area contributed by atoms with Crippen molar-refractivity contribution in [2.75, 3.05) is 19.8 Å². The van der Waals surface area contributed by atoms with Crippen molar-refractivity contribution in [2.24, 2.45) is 5.92 Å². The van der Waals surface area contributed by atoms with Gasteiger partial charge in [-0.05, 0) is 53.9 Å². The zero-order chi connectivity index (χ0) is 31.3. The Labute approximate surface area is 270 Å². The van der Waals surface area contributed by atoms with Gasteiger partial charge >= 0.3 is 5.97 Å². The number of halogens is 2. The fraction of sp³-hybridized carbons (Fsp3) is 0.265. The number of rotatable bonds is 10. The number of carboxylic acid groups (broad SMARTS) is 1. The van der Waals surface area contributed by atoms with E-state index in [9.17, 15) is 15.2 Å². The van der Waals surface area contributed by atoms with Crippen molar-refractivity contribution in [1.29, 1.82) is 5.26 Å². The molecule has 3 aromatic carbocycles. The van der Waals surface area contributed by atoms with Gasteiger partial charge in [-0.2, -0.15) is 5.26 Å². The number of nitrogens with zero attached hydrogens (tertiary/aromatic N) is 2.